The number of hydrogen-bond acceptors (Lipinski definition) is 3. The minimum atomic E-state index is -0.471. The number of nitrogens with two attached hydrogens (primary N) is 1. The monoisotopic (exact) mass is 279 g/mol. The maximum atomic E-state index is 11.8. The van der Waals surface area contributed by atoms with Crippen LogP contribution in [0.25, 0.3) is 0 Å². The van der Waals surface area contributed by atoms with Gasteiger partial charge in [0.1, 0.15) is 6.04 Å². The van der Waals surface area contributed by atoms with Gasteiger partial charge in [-0.05, 0) is 30.3 Å². The zero-order chi connectivity index (χ0) is 15.2. The van der Waals surface area contributed by atoms with Crippen LogP contribution in [0.1, 0.15) is 22.7 Å². The van der Waals surface area contributed by atoms with Crippen molar-refractivity contribution in [3.63, 3.8) is 0 Å². The maximum Gasteiger partial charge on any atom is 0.239 e. The van der Waals surface area contributed by atoms with Crippen molar-refractivity contribution in [2.45, 2.75) is 12.6 Å². The lowest BCUT2D eigenvalue weighted by molar-refractivity contribution is -0.123. The minimum absolute atomic E-state index is 0.377. The van der Waals surface area contributed by atoms with Crippen LogP contribution in [0.4, 0.5) is 0 Å². The Bertz CT molecular complexity index is 644. The number of carbonyl (C=O) groups excluding carboxylic acids is 1. The van der Waals surface area contributed by atoms with E-state index < -0.39 is 6.04 Å². The van der Waals surface area contributed by atoms with Gasteiger partial charge in [0.25, 0.3) is 0 Å². The predicted molar refractivity (Wildman–Crippen MR) is 81.0 cm³/mol. The lowest BCUT2D eigenvalue weighted by Gasteiger charge is -2.26. The fourth-order valence-electron chi connectivity index (χ4n) is 2.34. The molecule has 0 spiro atoms. The van der Waals surface area contributed by atoms with E-state index in [0.717, 1.165) is 11.1 Å². The number of rotatable bonds is 5. The summed E-state index contributed by atoms with van der Waals surface area (Å²) < 4.78 is 0. The van der Waals surface area contributed by atoms with E-state index in [4.69, 9.17) is 11.0 Å². The Kier molecular flexibility index (Phi) is 4.70. The molecule has 4 nitrogen and oxygen atoms in total. The molecule has 0 saturated heterocycles. The van der Waals surface area contributed by atoms with E-state index in [0.29, 0.717) is 12.1 Å². The molecule has 2 aromatic rings. The van der Waals surface area contributed by atoms with Gasteiger partial charge < -0.3 is 5.73 Å². The smallest absolute Gasteiger partial charge is 0.239 e. The Hall–Kier alpha value is -2.64. The highest BCUT2D eigenvalue weighted by atomic mass is 16.1. The molecule has 0 aliphatic rings. The van der Waals surface area contributed by atoms with Crippen LogP contribution >= 0.6 is 0 Å². The Morgan fingerprint density at radius 1 is 1.19 bits per heavy atom. The summed E-state index contributed by atoms with van der Waals surface area (Å²) in [4.78, 5) is 13.7. The van der Waals surface area contributed by atoms with Crippen LogP contribution in [-0.2, 0) is 11.3 Å². The molecule has 0 aliphatic carbocycles. The van der Waals surface area contributed by atoms with E-state index in [1.54, 1.807) is 12.1 Å². The average Bonchev–Trinajstić information content (AvgIpc) is 2.49. The number of likely N-dealkylation sites (N-methyl/N-ethyl adjacent to an activating group) is 1. The van der Waals surface area contributed by atoms with E-state index in [9.17, 15) is 4.79 Å². The first kappa shape index (κ1) is 14.8. The van der Waals surface area contributed by atoms with Gasteiger partial charge in [0, 0.05) is 6.54 Å². The highest BCUT2D eigenvalue weighted by molar-refractivity contribution is 5.81. The fraction of sp³-hybridized carbons (Fsp3) is 0.176. The predicted octanol–water partition coefficient (Wildman–Crippen LogP) is 2.22. The highest BCUT2D eigenvalue weighted by Gasteiger charge is 2.22. The van der Waals surface area contributed by atoms with Crippen molar-refractivity contribution in [1.82, 2.24) is 4.90 Å². The topological polar surface area (TPSA) is 70.1 Å². The van der Waals surface area contributed by atoms with Gasteiger partial charge in [-0.15, -0.1) is 0 Å². The van der Waals surface area contributed by atoms with Crippen molar-refractivity contribution in [2.24, 2.45) is 5.73 Å². The van der Waals surface area contributed by atoms with E-state index in [-0.39, 0.29) is 5.91 Å². The molecular weight excluding hydrogens is 262 g/mol. The Morgan fingerprint density at radius 3 is 2.33 bits per heavy atom. The molecule has 0 radical (unpaired) electrons. The first-order chi connectivity index (χ1) is 10.1. The second-order valence-corrected chi connectivity index (χ2v) is 4.94. The van der Waals surface area contributed by atoms with Gasteiger partial charge in [-0.1, -0.05) is 42.5 Å². The summed E-state index contributed by atoms with van der Waals surface area (Å²) in [6, 6.07) is 18.4. The zero-order valence-corrected chi connectivity index (χ0v) is 11.9. The minimum Gasteiger partial charge on any atom is -0.368 e. The molecule has 106 valence electrons. The first-order valence-electron chi connectivity index (χ1n) is 6.65. The second kappa shape index (κ2) is 6.69. The molecule has 0 aromatic heterocycles. The molecule has 0 bridgehead atoms. The Balaban J connectivity index is 2.17. The van der Waals surface area contributed by atoms with Crippen LogP contribution < -0.4 is 5.73 Å². The molecule has 2 rings (SSSR count). The second-order valence-electron chi connectivity index (χ2n) is 4.94. The fourth-order valence-corrected chi connectivity index (χ4v) is 2.34. The molecule has 2 N–H and O–H groups in total. The van der Waals surface area contributed by atoms with Gasteiger partial charge in [0.05, 0.1) is 11.6 Å². The summed E-state index contributed by atoms with van der Waals surface area (Å²) in [6.45, 7) is 0.578. The van der Waals surface area contributed by atoms with Crippen molar-refractivity contribution in [3.8, 4) is 6.07 Å². The van der Waals surface area contributed by atoms with Gasteiger partial charge in [-0.2, -0.15) is 5.26 Å². The number of nitrogens with zero attached hydrogens (tertiary/aromatic N) is 2. The summed E-state index contributed by atoms with van der Waals surface area (Å²) in [7, 11) is 1.86. The van der Waals surface area contributed by atoms with Crippen LogP contribution in [0, 0.1) is 11.3 Å². The molecule has 2 aromatic carbocycles. The molecule has 1 unspecified atom stereocenters. The lowest BCUT2D eigenvalue weighted by Crippen LogP contribution is -2.34. The van der Waals surface area contributed by atoms with Crippen molar-refractivity contribution in [2.75, 3.05) is 7.05 Å². The quantitative estimate of drug-likeness (QED) is 0.912. The van der Waals surface area contributed by atoms with Gasteiger partial charge in [-0.25, -0.2) is 0 Å². The molecule has 0 aliphatic heterocycles. The summed E-state index contributed by atoms with van der Waals surface area (Å²) in [5, 5.41) is 8.80. The van der Waals surface area contributed by atoms with Crippen LogP contribution in [0.15, 0.2) is 54.6 Å². The SMILES string of the molecule is CN(Cc1ccc(C#N)cc1)C(C(N)=O)c1ccccc1. The Morgan fingerprint density at radius 2 is 1.81 bits per heavy atom. The van der Waals surface area contributed by atoms with Crippen LogP contribution in [0.5, 0.6) is 0 Å². The zero-order valence-electron chi connectivity index (χ0n) is 11.9. The van der Waals surface area contributed by atoms with E-state index >= 15 is 0 Å². The summed E-state index contributed by atoms with van der Waals surface area (Å²) in [5.41, 5.74) is 8.07. The lowest BCUT2D eigenvalue weighted by atomic mass is 10.0. The van der Waals surface area contributed by atoms with Gasteiger partial charge >= 0.3 is 0 Å². The van der Waals surface area contributed by atoms with Crippen LogP contribution in [0.3, 0.4) is 0 Å². The third-order valence-electron chi connectivity index (χ3n) is 3.34. The van der Waals surface area contributed by atoms with Gasteiger partial charge in [0.15, 0.2) is 0 Å². The van der Waals surface area contributed by atoms with Crippen molar-refractivity contribution in [1.29, 1.82) is 5.26 Å². The van der Waals surface area contributed by atoms with Crippen LogP contribution in [0.2, 0.25) is 0 Å². The molecule has 0 fully saturated rings. The normalized spacial score (nSPS) is 11.9. The average molecular weight is 279 g/mol. The van der Waals surface area contributed by atoms with Crippen LogP contribution in [-0.4, -0.2) is 17.9 Å². The summed E-state index contributed by atoms with van der Waals surface area (Å²) in [6.07, 6.45) is 0. The van der Waals surface area contributed by atoms with Gasteiger partial charge in [0.2, 0.25) is 5.91 Å². The number of amides is 1. The summed E-state index contributed by atoms with van der Waals surface area (Å²) in [5.74, 6) is -0.377. The third kappa shape index (κ3) is 3.68. The molecule has 1 amide bonds. The molecule has 0 heterocycles. The summed E-state index contributed by atoms with van der Waals surface area (Å²) >= 11 is 0. The van der Waals surface area contributed by atoms with Crippen molar-refractivity contribution >= 4 is 5.91 Å². The molecule has 0 saturated carbocycles. The van der Waals surface area contributed by atoms with E-state index in [1.807, 2.05) is 54.4 Å². The first-order valence-corrected chi connectivity index (χ1v) is 6.65. The van der Waals surface area contributed by atoms with Gasteiger partial charge in [-0.3, -0.25) is 9.69 Å². The standard InChI is InChI=1S/C17H17N3O/c1-20(12-14-9-7-13(11-18)8-10-14)16(17(19)21)15-5-3-2-4-6-15/h2-10,16H,12H2,1H3,(H2,19,21). The maximum absolute atomic E-state index is 11.8. The van der Waals surface area contributed by atoms with E-state index in [1.165, 1.54) is 0 Å². The molecular formula is C17H17N3O. The molecule has 4 heteroatoms. The number of primary amides is 1. The number of benzene rings is 2. The number of hydrogen-bond donors (Lipinski definition) is 1. The molecule has 1 atom stereocenters. The number of nitriles is 1. The number of carbonyl (C=O) groups is 1. The van der Waals surface area contributed by atoms with Crippen molar-refractivity contribution in [3.05, 3.63) is 71.3 Å². The third-order valence-corrected chi connectivity index (χ3v) is 3.34. The molecule has 21 heavy (non-hydrogen) atoms. The Labute approximate surface area is 124 Å². The highest BCUT2D eigenvalue weighted by Crippen LogP contribution is 2.21. The van der Waals surface area contributed by atoms with E-state index in [2.05, 4.69) is 6.07 Å². The van der Waals surface area contributed by atoms with Crippen molar-refractivity contribution < 1.29 is 4.79 Å². The largest absolute Gasteiger partial charge is 0.368 e.